The summed E-state index contributed by atoms with van der Waals surface area (Å²) in [5, 5.41) is 2.69. The van der Waals surface area contributed by atoms with Crippen LogP contribution < -0.4 is 5.32 Å². The third-order valence-electron chi connectivity index (χ3n) is 8.05. The van der Waals surface area contributed by atoms with Crippen molar-refractivity contribution in [2.45, 2.75) is 168 Å². The van der Waals surface area contributed by atoms with E-state index in [1.54, 1.807) is 7.11 Å². The quantitative estimate of drug-likeness (QED) is 0.0836. The highest BCUT2D eigenvalue weighted by Gasteiger charge is 2.28. The largest absolute Gasteiger partial charge is 0.461 e. The molecule has 0 aromatic heterocycles. The maximum absolute atomic E-state index is 12.1. The molecule has 0 saturated carbocycles. The first-order valence-electron chi connectivity index (χ1n) is 15.9. The van der Waals surface area contributed by atoms with Gasteiger partial charge in [-0.25, -0.2) is 0 Å². The zero-order valence-corrected chi connectivity index (χ0v) is 26.1. The summed E-state index contributed by atoms with van der Waals surface area (Å²) in [6.45, 7) is 11.0. The van der Waals surface area contributed by atoms with E-state index in [2.05, 4.69) is 26.1 Å². The lowest BCUT2D eigenvalue weighted by atomic mass is 9.99. The predicted molar refractivity (Wildman–Crippen MR) is 158 cm³/mol. The lowest BCUT2D eigenvalue weighted by Gasteiger charge is -2.31. The second kappa shape index (κ2) is 23.7. The fourth-order valence-electron chi connectivity index (χ4n) is 4.38. The van der Waals surface area contributed by atoms with Crippen molar-refractivity contribution < 1.29 is 23.8 Å². The standard InChI is InChI=1S/C32H63NO5/c1-7-10-11-12-13-14-15-16-17-18-19-20-21-22-23-24-29(34)33-27-30(35)37-28-32(5,9-3)38-26-25-31(4,8-2)36-6/h7-28H2,1-6H3,(H,33,34). The lowest BCUT2D eigenvalue weighted by molar-refractivity contribution is -0.156. The van der Waals surface area contributed by atoms with Crippen LogP contribution in [0.1, 0.15) is 157 Å². The summed E-state index contributed by atoms with van der Waals surface area (Å²) in [5.74, 6) is -0.502. The molecule has 0 rings (SSSR count). The molecule has 38 heavy (non-hydrogen) atoms. The van der Waals surface area contributed by atoms with E-state index in [0.29, 0.717) is 13.0 Å². The molecule has 0 spiro atoms. The van der Waals surface area contributed by atoms with Crippen molar-refractivity contribution in [2.75, 3.05) is 26.9 Å². The zero-order valence-electron chi connectivity index (χ0n) is 26.1. The Morgan fingerprint density at radius 1 is 0.684 bits per heavy atom. The minimum Gasteiger partial charge on any atom is -0.461 e. The van der Waals surface area contributed by atoms with E-state index in [4.69, 9.17) is 14.2 Å². The first-order chi connectivity index (χ1) is 18.2. The molecular formula is C32H63NO5. The first-order valence-corrected chi connectivity index (χ1v) is 15.9. The average molecular weight is 542 g/mol. The molecule has 2 unspecified atom stereocenters. The highest BCUT2D eigenvalue weighted by molar-refractivity contribution is 5.81. The monoisotopic (exact) mass is 541 g/mol. The molecule has 0 aliphatic carbocycles. The Bertz CT molecular complexity index is 578. The molecule has 0 aromatic carbocycles. The van der Waals surface area contributed by atoms with Crippen molar-refractivity contribution in [1.82, 2.24) is 5.32 Å². The number of hydrogen-bond acceptors (Lipinski definition) is 5. The zero-order chi connectivity index (χ0) is 28.5. The van der Waals surface area contributed by atoms with Gasteiger partial charge in [0.1, 0.15) is 13.2 Å². The van der Waals surface area contributed by atoms with E-state index in [1.807, 2.05) is 13.8 Å². The summed E-state index contributed by atoms with van der Waals surface area (Å²) in [7, 11) is 1.72. The van der Waals surface area contributed by atoms with Crippen molar-refractivity contribution in [2.24, 2.45) is 0 Å². The van der Waals surface area contributed by atoms with Crippen LogP contribution in [0.15, 0.2) is 0 Å². The number of unbranched alkanes of at least 4 members (excludes halogenated alkanes) is 14. The number of esters is 1. The van der Waals surface area contributed by atoms with Gasteiger partial charge in [0.2, 0.25) is 5.91 Å². The normalized spacial score (nSPS) is 14.6. The molecule has 0 aliphatic rings. The first kappa shape index (κ1) is 36.9. The van der Waals surface area contributed by atoms with Gasteiger partial charge in [-0.3, -0.25) is 9.59 Å². The molecule has 0 radical (unpaired) electrons. The Hall–Kier alpha value is -1.14. The Kier molecular flexibility index (Phi) is 23.0. The number of methoxy groups -OCH3 is 1. The number of nitrogens with one attached hydrogen (secondary N) is 1. The number of carbonyl (C=O) groups excluding carboxylic acids is 2. The second-order valence-corrected chi connectivity index (χ2v) is 11.5. The minimum absolute atomic E-state index is 0.0791. The van der Waals surface area contributed by atoms with Crippen molar-refractivity contribution >= 4 is 11.9 Å². The Labute approximate surface area is 235 Å². The molecular weight excluding hydrogens is 478 g/mol. The van der Waals surface area contributed by atoms with Gasteiger partial charge in [-0.2, -0.15) is 0 Å². The smallest absolute Gasteiger partial charge is 0.325 e. The predicted octanol–water partition coefficient (Wildman–Crippen LogP) is 8.30. The summed E-state index contributed by atoms with van der Waals surface area (Å²) < 4.78 is 17.0. The molecule has 1 amide bonds. The van der Waals surface area contributed by atoms with Gasteiger partial charge in [0, 0.05) is 13.5 Å². The highest BCUT2D eigenvalue weighted by Crippen LogP contribution is 2.22. The molecule has 0 aromatic rings. The molecule has 0 bridgehead atoms. The van der Waals surface area contributed by atoms with Gasteiger partial charge in [0.05, 0.1) is 17.8 Å². The van der Waals surface area contributed by atoms with Gasteiger partial charge < -0.3 is 19.5 Å². The second-order valence-electron chi connectivity index (χ2n) is 11.5. The molecule has 0 heterocycles. The van der Waals surface area contributed by atoms with E-state index in [-0.39, 0.29) is 24.7 Å². The number of hydrogen-bond donors (Lipinski definition) is 1. The summed E-state index contributed by atoms with van der Waals surface area (Å²) >= 11 is 0. The van der Waals surface area contributed by atoms with E-state index < -0.39 is 11.6 Å². The molecule has 226 valence electrons. The third-order valence-corrected chi connectivity index (χ3v) is 8.05. The van der Waals surface area contributed by atoms with E-state index in [1.165, 1.54) is 83.5 Å². The summed E-state index contributed by atoms with van der Waals surface area (Å²) in [5.41, 5.74) is -0.752. The molecule has 0 fully saturated rings. The Morgan fingerprint density at radius 2 is 1.16 bits per heavy atom. The molecule has 0 saturated heterocycles. The molecule has 6 heteroatoms. The number of ether oxygens (including phenoxy) is 3. The van der Waals surface area contributed by atoms with E-state index in [9.17, 15) is 9.59 Å². The number of amides is 1. The SMILES string of the molecule is CCCCCCCCCCCCCCCCCC(=O)NCC(=O)OCC(C)(CC)OCCC(C)(CC)OC. The number of carbonyl (C=O) groups is 2. The van der Waals surface area contributed by atoms with Crippen LogP contribution in [-0.2, 0) is 23.8 Å². The molecule has 2 atom stereocenters. The van der Waals surface area contributed by atoms with Crippen LogP contribution in [0.3, 0.4) is 0 Å². The van der Waals surface area contributed by atoms with Crippen LogP contribution in [0.5, 0.6) is 0 Å². The third kappa shape index (κ3) is 20.8. The van der Waals surface area contributed by atoms with Crippen LogP contribution >= 0.6 is 0 Å². The molecule has 1 N–H and O–H groups in total. The van der Waals surface area contributed by atoms with Crippen LogP contribution in [0, 0.1) is 0 Å². The summed E-state index contributed by atoms with van der Waals surface area (Å²) in [6, 6.07) is 0. The van der Waals surface area contributed by atoms with Crippen molar-refractivity contribution in [1.29, 1.82) is 0 Å². The van der Waals surface area contributed by atoms with Gasteiger partial charge >= 0.3 is 5.97 Å². The topological polar surface area (TPSA) is 73.9 Å². The maximum atomic E-state index is 12.1. The van der Waals surface area contributed by atoms with Crippen molar-refractivity contribution in [3.63, 3.8) is 0 Å². The maximum Gasteiger partial charge on any atom is 0.325 e. The Morgan fingerprint density at radius 3 is 1.61 bits per heavy atom. The summed E-state index contributed by atoms with van der Waals surface area (Å²) in [6.07, 6.45) is 22.4. The van der Waals surface area contributed by atoms with Gasteiger partial charge in [-0.1, -0.05) is 111 Å². The van der Waals surface area contributed by atoms with Crippen LogP contribution in [0.4, 0.5) is 0 Å². The fourth-order valence-corrected chi connectivity index (χ4v) is 4.38. The average Bonchev–Trinajstić information content (AvgIpc) is 2.92. The van der Waals surface area contributed by atoms with E-state index in [0.717, 1.165) is 32.1 Å². The van der Waals surface area contributed by atoms with Gasteiger partial charge in [0.25, 0.3) is 0 Å². The molecule has 0 aliphatic heterocycles. The van der Waals surface area contributed by atoms with Crippen LogP contribution in [0.2, 0.25) is 0 Å². The summed E-state index contributed by atoms with van der Waals surface area (Å²) in [4.78, 5) is 24.2. The molecule has 6 nitrogen and oxygen atoms in total. The van der Waals surface area contributed by atoms with Gasteiger partial charge in [0.15, 0.2) is 0 Å². The minimum atomic E-state index is -0.546. The Balaban J connectivity index is 3.72. The lowest BCUT2D eigenvalue weighted by Crippen LogP contribution is -2.39. The van der Waals surface area contributed by atoms with Crippen LogP contribution in [0.25, 0.3) is 0 Å². The highest BCUT2D eigenvalue weighted by atomic mass is 16.6. The van der Waals surface area contributed by atoms with Crippen molar-refractivity contribution in [3.8, 4) is 0 Å². The fraction of sp³-hybridized carbons (Fsp3) is 0.938. The van der Waals surface area contributed by atoms with Gasteiger partial charge in [-0.15, -0.1) is 0 Å². The van der Waals surface area contributed by atoms with Crippen molar-refractivity contribution in [3.05, 3.63) is 0 Å². The van der Waals surface area contributed by atoms with E-state index >= 15 is 0 Å². The number of rotatable bonds is 27. The van der Waals surface area contributed by atoms with Crippen LogP contribution in [-0.4, -0.2) is 49.9 Å². The van der Waals surface area contributed by atoms with Gasteiger partial charge in [-0.05, 0) is 39.5 Å².